The minimum Gasteiger partial charge on any atom is -0.475 e. The number of sulfonamides is 1. The van der Waals surface area contributed by atoms with Gasteiger partial charge in [-0.05, 0) is 19.2 Å². The lowest BCUT2D eigenvalue weighted by molar-refractivity contribution is 0.0656. The molecule has 0 radical (unpaired) electrons. The number of aromatic carboxylic acids is 1. The minimum atomic E-state index is -3.80. The van der Waals surface area contributed by atoms with Crippen molar-refractivity contribution in [2.24, 2.45) is 0 Å². The number of carboxylic acid groups (broad SMARTS) is 1. The number of rotatable bonds is 6. The Kier molecular flexibility index (Phi) is 4.99. The number of furan rings is 1. The van der Waals surface area contributed by atoms with Gasteiger partial charge in [-0.15, -0.1) is 0 Å². The van der Waals surface area contributed by atoms with Crippen LogP contribution in [0.1, 0.15) is 10.6 Å². The molecule has 9 heteroatoms. The van der Waals surface area contributed by atoms with Crippen LogP contribution in [-0.2, 0) is 10.0 Å². The van der Waals surface area contributed by atoms with Crippen molar-refractivity contribution in [1.29, 1.82) is 0 Å². The largest absolute Gasteiger partial charge is 0.475 e. The predicted molar refractivity (Wildman–Crippen MR) is 74.8 cm³/mol. The van der Waals surface area contributed by atoms with Crippen molar-refractivity contribution in [3.63, 3.8) is 0 Å². The van der Waals surface area contributed by atoms with Crippen LogP contribution >= 0.6 is 0 Å². The number of hydrogen-bond acceptors (Lipinski definition) is 6. The summed E-state index contributed by atoms with van der Waals surface area (Å²) < 4.78 is 31.1. The second kappa shape index (κ2) is 6.56. The van der Waals surface area contributed by atoms with Gasteiger partial charge in [-0.2, -0.15) is 0 Å². The summed E-state index contributed by atoms with van der Waals surface area (Å²) in [5, 5.41) is 8.34. The monoisotopic (exact) mass is 317 g/mol. The average Bonchev–Trinajstić information content (AvgIpc) is 2.91. The maximum absolute atomic E-state index is 11.9. The Labute approximate surface area is 123 Å². The third kappa shape index (κ3) is 4.27. The fourth-order valence-electron chi connectivity index (χ4n) is 2.06. The van der Waals surface area contributed by atoms with Gasteiger partial charge in [0.15, 0.2) is 0 Å². The fourth-order valence-corrected chi connectivity index (χ4v) is 3.01. The van der Waals surface area contributed by atoms with Gasteiger partial charge in [0.1, 0.15) is 0 Å². The van der Waals surface area contributed by atoms with Gasteiger partial charge in [-0.3, -0.25) is 4.90 Å². The number of nitrogens with zero attached hydrogens (tertiary/aromatic N) is 2. The molecule has 0 aliphatic carbocycles. The number of carboxylic acids is 1. The quantitative estimate of drug-likeness (QED) is 0.729. The van der Waals surface area contributed by atoms with Crippen molar-refractivity contribution >= 4 is 16.0 Å². The maximum Gasteiger partial charge on any atom is 0.371 e. The van der Waals surface area contributed by atoms with E-state index in [9.17, 15) is 13.2 Å². The lowest BCUT2D eigenvalue weighted by Crippen LogP contribution is -2.46. The van der Waals surface area contributed by atoms with Gasteiger partial charge in [0.25, 0.3) is 10.0 Å². The molecule has 2 heterocycles. The Morgan fingerprint density at radius 1 is 1.33 bits per heavy atom. The highest BCUT2D eigenvalue weighted by molar-refractivity contribution is 7.89. The van der Waals surface area contributed by atoms with Crippen LogP contribution in [0.4, 0.5) is 0 Å². The molecular formula is C12H19N3O5S. The maximum atomic E-state index is 11.9. The Morgan fingerprint density at radius 2 is 2.00 bits per heavy atom. The molecule has 118 valence electrons. The summed E-state index contributed by atoms with van der Waals surface area (Å²) in [5.41, 5.74) is 0. The molecule has 2 N–H and O–H groups in total. The molecule has 0 atom stereocenters. The van der Waals surface area contributed by atoms with Crippen molar-refractivity contribution < 1.29 is 22.7 Å². The third-order valence-corrected chi connectivity index (χ3v) is 4.71. The number of carbonyl (C=O) groups is 1. The Bertz CT molecular complexity index is 590. The lowest BCUT2D eigenvalue weighted by Gasteiger charge is -2.32. The molecule has 1 saturated heterocycles. The first-order chi connectivity index (χ1) is 9.88. The molecule has 0 amide bonds. The minimum absolute atomic E-state index is 0.259. The SMILES string of the molecule is CN1CCN(CCNS(=O)(=O)c2ccc(C(=O)O)o2)CC1. The van der Waals surface area contributed by atoms with Crippen molar-refractivity contribution in [3.8, 4) is 0 Å². The highest BCUT2D eigenvalue weighted by Gasteiger charge is 2.21. The van der Waals surface area contributed by atoms with E-state index in [2.05, 4.69) is 21.6 Å². The van der Waals surface area contributed by atoms with E-state index in [-0.39, 0.29) is 11.6 Å². The Hall–Kier alpha value is -1.42. The summed E-state index contributed by atoms with van der Waals surface area (Å²) in [6.07, 6.45) is 0. The van der Waals surface area contributed by atoms with Crippen LogP contribution in [0.15, 0.2) is 21.6 Å². The number of hydrogen-bond donors (Lipinski definition) is 2. The molecule has 1 aromatic rings. The predicted octanol–water partition coefficient (Wildman–Crippen LogP) is -0.496. The summed E-state index contributed by atoms with van der Waals surface area (Å²) in [5.74, 6) is -1.69. The fraction of sp³-hybridized carbons (Fsp3) is 0.583. The molecule has 0 unspecified atom stereocenters. The van der Waals surface area contributed by atoms with E-state index in [0.717, 1.165) is 38.3 Å². The first kappa shape index (κ1) is 16.0. The van der Waals surface area contributed by atoms with Crippen LogP contribution in [0.5, 0.6) is 0 Å². The molecule has 0 bridgehead atoms. The standard InChI is InChI=1S/C12H19N3O5S/c1-14-6-8-15(9-7-14)5-4-13-21(18,19)11-3-2-10(20-11)12(16)17/h2-3,13H,4-9H2,1H3,(H,16,17). The highest BCUT2D eigenvalue weighted by atomic mass is 32.2. The second-order valence-electron chi connectivity index (χ2n) is 4.97. The van der Waals surface area contributed by atoms with Crippen LogP contribution in [0.25, 0.3) is 0 Å². The summed E-state index contributed by atoms with van der Waals surface area (Å²) in [6.45, 7) is 4.61. The summed E-state index contributed by atoms with van der Waals surface area (Å²) in [6, 6.07) is 2.26. The first-order valence-corrected chi connectivity index (χ1v) is 8.10. The Morgan fingerprint density at radius 3 is 2.57 bits per heavy atom. The molecule has 1 fully saturated rings. The topological polar surface area (TPSA) is 103 Å². The zero-order valence-electron chi connectivity index (χ0n) is 11.8. The normalized spacial score (nSPS) is 18.0. The summed E-state index contributed by atoms with van der Waals surface area (Å²) in [7, 11) is -1.75. The van der Waals surface area contributed by atoms with Crippen LogP contribution < -0.4 is 4.72 Å². The van der Waals surface area contributed by atoms with Crippen LogP contribution in [0.2, 0.25) is 0 Å². The van der Waals surface area contributed by atoms with Crippen molar-refractivity contribution in [3.05, 3.63) is 17.9 Å². The van der Waals surface area contributed by atoms with Gasteiger partial charge < -0.3 is 14.4 Å². The molecule has 0 saturated carbocycles. The Balaban J connectivity index is 1.85. The summed E-state index contributed by atoms with van der Waals surface area (Å²) >= 11 is 0. The van der Waals surface area contributed by atoms with Gasteiger partial charge >= 0.3 is 5.97 Å². The summed E-state index contributed by atoms with van der Waals surface area (Å²) in [4.78, 5) is 15.1. The number of likely N-dealkylation sites (N-methyl/N-ethyl adjacent to an activating group) is 1. The second-order valence-corrected chi connectivity index (χ2v) is 6.66. The van der Waals surface area contributed by atoms with Gasteiger partial charge in [0.2, 0.25) is 10.9 Å². The van der Waals surface area contributed by atoms with Crippen LogP contribution in [-0.4, -0.2) is 75.6 Å². The average molecular weight is 317 g/mol. The molecule has 0 spiro atoms. The molecule has 8 nitrogen and oxygen atoms in total. The van der Waals surface area contributed by atoms with E-state index in [1.807, 2.05) is 0 Å². The molecule has 1 aliphatic rings. The van der Waals surface area contributed by atoms with E-state index in [0.29, 0.717) is 6.54 Å². The smallest absolute Gasteiger partial charge is 0.371 e. The van der Waals surface area contributed by atoms with E-state index in [1.54, 1.807) is 0 Å². The molecule has 1 aliphatic heterocycles. The molecule has 2 rings (SSSR count). The van der Waals surface area contributed by atoms with Gasteiger partial charge in [-0.25, -0.2) is 17.9 Å². The molecular weight excluding hydrogens is 298 g/mol. The van der Waals surface area contributed by atoms with E-state index < -0.39 is 21.8 Å². The van der Waals surface area contributed by atoms with Crippen LogP contribution in [0, 0.1) is 0 Å². The van der Waals surface area contributed by atoms with Gasteiger partial charge in [0, 0.05) is 39.3 Å². The van der Waals surface area contributed by atoms with Gasteiger partial charge in [0.05, 0.1) is 0 Å². The highest BCUT2D eigenvalue weighted by Crippen LogP contribution is 2.13. The zero-order chi connectivity index (χ0) is 15.5. The molecule has 21 heavy (non-hydrogen) atoms. The van der Waals surface area contributed by atoms with Crippen molar-refractivity contribution in [2.45, 2.75) is 5.09 Å². The molecule has 0 aromatic carbocycles. The number of nitrogens with one attached hydrogen (secondary N) is 1. The van der Waals surface area contributed by atoms with Crippen LogP contribution in [0.3, 0.4) is 0 Å². The number of piperazine rings is 1. The van der Waals surface area contributed by atoms with Gasteiger partial charge in [-0.1, -0.05) is 0 Å². The van der Waals surface area contributed by atoms with Crippen molar-refractivity contribution in [2.75, 3.05) is 46.3 Å². The van der Waals surface area contributed by atoms with E-state index in [4.69, 9.17) is 9.52 Å². The van der Waals surface area contributed by atoms with Crippen molar-refractivity contribution in [1.82, 2.24) is 14.5 Å². The first-order valence-electron chi connectivity index (χ1n) is 6.62. The van der Waals surface area contributed by atoms with E-state index >= 15 is 0 Å². The molecule has 1 aromatic heterocycles. The third-order valence-electron chi connectivity index (χ3n) is 3.37. The van der Waals surface area contributed by atoms with E-state index in [1.165, 1.54) is 0 Å². The zero-order valence-corrected chi connectivity index (χ0v) is 12.6. The lowest BCUT2D eigenvalue weighted by atomic mass is 10.3.